The van der Waals surface area contributed by atoms with Gasteiger partial charge in [-0.15, -0.1) is 0 Å². The Balaban J connectivity index is 1.89. The van der Waals surface area contributed by atoms with Crippen molar-refractivity contribution in [2.24, 2.45) is 11.7 Å². The molecule has 1 aliphatic carbocycles. The minimum atomic E-state index is -0.514. The van der Waals surface area contributed by atoms with Gasteiger partial charge in [-0.3, -0.25) is 4.79 Å². The van der Waals surface area contributed by atoms with E-state index in [4.69, 9.17) is 10.5 Å². The van der Waals surface area contributed by atoms with Crippen molar-refractivity contribution in [3.63, 3.8) is 0 Å². The minimum absolute atomic E-state index is 0.0661. The van der Waals surface area contributed by atoms with Crippen molar-refractivity contribution in [1.82, 2.24) is 5.32 Å². The van der Waals surface area contributed by atoms with Gasteiger partial charge < -0.3 is 15.8 Å². The molecule has 0 aromatic heterocycles. The third-order valence-corrected chi connectivity index (χ3v) is 4.47. The van der Waals surface area contributed by atoms with Gasteiger partial charge in [0.2, 0.25) is 0 Å². The average Bonchev–Trinajstić information content (AvgIpc) is 2.53. The van der Waals surface area contributed by atoms with Crippen molar-refractivity contribution in [1.29, 1.82) is 0 Å². The number of carbonyl (C=O) groups is 1. The zero-order chi connectivity index (χ0) is 15.9. The summed E-state index contributed by atoms with van der Waals surface area (Å²) >= 11 is 0. The summed E-state index contributed by atoms with van der Waals surface area (Å²) in [6.07, 6.45) is 5.59. The van der Waals surface area contributed by atoms with E-state index in [-0.39, 0.29) is 11.9 Å². The summed E-state index contributed by atoms with van der Waals surface area (Å²) in [6.45, 7) is 4.28. The Morgan fingerprint density at radius 1 is 1.36 bits per heavy atom. The number of carbonyl (C=O) groups excluding carboxylic acids is 1. The van der Waals surface area contributed by atoms with Gasteiger partial charge in [0.1, 0.15) is 5.75 Å². The summed E-state index contributed by atoms with van der Waals surface area (Å²) in [4.78, 5) is 12.4. The molecule has 0 aliphatic heterocycles. The minimum Gasteiger partial charge on any atom is -0.481 e. The Morgan fingerprint density at radius 3 is 2.73 bits per heavy atom. The summed E-state index contributed by atoms with van der Waals surface area (Å²) < 4.78 is 5.74. The second-order valence-corrected chi connectivity index (χ2v) is 6.33. The molecule has 2 atom stereocenters. The van der Waals surface area contributed by atoms with E-state index >= 15 is 0 Å². The molecule has 0 heterocycles. The van der Waals surface area contributed by atoms with Gasteiger partial charge in [0, 0.05) is 12.6 Å². The van der Waals surface area contributed by atoms with Crippen LogP contribution in [0.5, 0.6) is 5.75 Å². The summed E-state index contributed by atoms with van der Waals surface area (Å²) in [5, 5.41) is 3.08. The van der Waals surface area contributed by atoms with E-state index in [1.807, 2.05) is 31.2 Å². The van der Waals surface area contributed by atoms with Crippen molar-refractivity contribution >= 4 is 5.91 Å². The summed E-state index contributed by atoms with van der Waals surface area (Å²) in [5.41, 5.74) is 6.99. The van der Waals surface area contributed by atoms with E-state index in [0.717, 1.165) is 24.2 Å². The summed E-state index contributed by atoms with van der Waals surface area (Å²) in [6, 6.07) is 7.81. The van der Waals surface area contributed by atoms with Gasteiger partial charge in [-0.2, -0.15) is 0 Å². The molecule has 22 heavy (non-hydrogen) atoms. The van der Waals surface area contributed by atoms with Crippen molar-refractivity contribution in [2.75, 3.05) is 6.54 Å². The Bertz CT molecular complexity index is 484. The van der Waals surface area contributed by atoms with E-state index < -0.39 is 6.10 Å². The molecule has 1 saturated carbocycles. The van der Waals surface area contributed by atoms with Crippen LogP contribution >= 0.6 is 0 Å². The molecule has 0 saturated heterocycles. The van der Waals surface area contributed by atoms with Crippen LogP contribution in [0.4, 0.5) is 0 Å². The molecule has 4 nitrogen and oxygen atoms in total. The first-order chi connectivity index (χ1) is 10.6. The van der Waals surface area contributed by atoms with Gasteiger partial charge in [0.15, 0.2) is 6.10 Å². The lowest BCUT2D eigenvalue weighted by atomic mass is 9.84. The topological polar surface area (TPSA) is 64.3 Å². The smallest absolute Gasteiger partial charge is 0.261 e. The van der Waals surface area contributed by atoms with Gasteiger partial charge in [0.25, 0.3) is 5.91 Å². The van der Waals surface area contributed by atoms with Crippen molar-refractivity contribution in [3.05, 3.63) is 29.8 Å². The Kier molecular flexibility index (Phi) is 6.25. The number of rotatable bonds is 6. The molecular formula is C18H28N2O2. The highest BCUT2D eigenvalue weighted by Gasteiger charge is 2.26. The summed E-state index contributed by atoms with van der Waals surface area (Å²) in [5.74, 6) is 1.15. The van der Waals surface area contributed by atoms with Crippen LogP contribution in [0, 0.1) is 12.8 Å². The van der Waals surface area contributed by atoms with Gasteiger partial charge in [0.05, 0.1) is 0 Å². The first kappa shape index (κ1) is 16.8. The number of hydrogen-bond acceptors (Lipinski definition) is 3. The van der Waals surface area contributed by atoms with Crippen LogP contribution < -0.4 is 15.8 Å². The molecule has 1 aliphatic rings. The quantitative estimate of drug-likeness (QED) is 0.849. The molecule has 122 valence electrons. The predicted molar refractivity (Wildman–Crippen MR) is 88.8 cm³/mol. The molecule has 1 aromatic rings. The highest BCUT2D eigenvalue weighted by molar-refractivity contribution is 5.81. The molecule has 0 bridgehead atoms. The third-order valence-electron chi connectivity index (χ3n) is 4.47. The first-order valence-electron chi connectivity index (χ1n) is 8.34. The molecule has 1 fully saturated rings. The fraction of sp³-hybridized carbons (Fsp3) is 0.611. The lowest BCUT2D eigenvalue weighted by molar-refractivity contribution is -0.128. The number of aryl methyl sites for hydroxylation is 1. The van der Waals surface area contributed by atoms with Gasteiger partial charge in [-0.05, 0) is 50.3 Å². The predicted octanol–water partition coefficient (Wildman–Crippen LogP) is 2.79. The van der Waals surface area contributed by atoms with E-state index in [1.165, 1.54) is 19.3 Å². The Labute approximate surface area is 133 Å². The van der Waals surface area contributed by atoms with Crippen LogP contribution in [0.1, 0.15) is 44.6 Å². The van der Waals surface area contributed by atoms with Crippen LogP contribution in [-0.4, -0.2) is 24.6 Å². The van der Waals surface area contributed by atoms with Crippen LogP contribution in [0.25, 0.3) is 0 Å². The van der Waals surface area contributed by atoms with Crippen molar-refractivity contribution in [3.8, 4) is 5.75 Å². The highest BCUT2D eigenvalue weighted by atomic mass is 16.5. The number of benzene rings is 1. The molecular weight excluding hydrogens is 276 g/mol. The van der Waals surface area contributed by atoms with Crippen LogP contribution in [-0.2, 0) is 4.79 Å². The van der Waals surface area contributed by atoms with Gasteiger partial charge >= 0.3 is 0 Å². The highest BCUT2D eigenvalue weighted by Crippen LogP contribution is 2.26. The van der Waals surface area contributed by atoms with E-state index in [9.17, 15) is 4.79 Å². The van der Waals surface area contributed by atoms with E-state index in [1.54, 1.807) is 6.92 Å². The lowest BCUT2D eigenvalue weighted by Gasteiger charge is -2.30. The number of nitrogens with one attached hydrogen (secondary N) is 1. The Morgan fingerprint density at radius 2 is 2.09 bits per heavy atom. The van der Waals surface area contributed by atoms with E-state index in [2.05, 4.69) is 5.32 Å². The van der Waals surface area contributed by atoms with Crippen LogP contribution in [0.2, 0.25) is 0 Å². The third kappa shape index (κ3) is 4.73. The molecule has 1 aromatic carbocycles. The average molecular weight is 304 g/mol. The second kappa shape index (κ2) is 8.18. The zero-order valence-electron chi connectivity index (χ0n) is 13.7. The number of amides is 1. The molecule has 0 spiro atoms. The molecule has 2 unspecified atom stereocenters. The zero-order valence-corrected chi connectivity index (χ0v) is 13.7. The van der Waals surface area contributed by atoms with Crippen LogP contribution in [0.3, 0.4) is 0 Å². The molecule has 0 radical (unpaired) electrons. The molecule has 1 amide bonds. The van der Waals surface area contributed by atoms with Crippen LogP contribution in [0.15, 0.2) is 24.3 Å². The first-order valence-corrected chi connectivity index (χ1v) is 8.34. The van der Waals surface area contributed by atoms with Gasteiger partial charge in [-0.25, -0.2) is 0 Å². The molecule has 3 N–H and O–H groups in total. The molecule has 4 heteroatoms. The van der Waals surface area contributed by atoms with E-state index in [0.29, 0.717) is 12.5 Å². The number of hydrogen-bond donors (Lipinski definition) is 2. The van der Waals surface area contributed by atoms with Gasteiger partial charge in [-0.1, -0.05) is 31.4 Å². The largest absolute Gasteiger partial charge is 0.481 e. The summed E-state index contributed by atoms with van der Waals surface area (Å²) in [7, 11) is 0. The van der Waals surface area contributed by atoms with Crippen molar-refractivity contribution < 1.29 is 9.53 Å². The lowest BCUT2D eigenvalue weighted by Crippen LogP contribution is -2.49. The fourth-order valence-electron chi connectivity index (χ4n) is 3.15. The van der Waals surface area contributed by atoms with Crippen molar-refractivity contribution in [2.45, 2.75) is 58.1 Å². The number of ether oxygens (including phenoxy) is 1. The maximum atomic E-state index is 12.4. The molecule has 2 rings (SSSR count). The fourth-order valence-corrected chi connectivity index (χ4v) is 3.15. The maximum Gasteiger partial charge on any atom is 0.261 e. The Hall–Kier alpha value is -1.55. The second-order valence-electron chi connectivity index (χ2n) is 6.33. The maximum absolute atomic E-state index is 12.4. The normalized spacial score (nSPS) is 18.5. The number of nitrogens with two attached hydrogens (primary N) is 1. The SMILES string of the molecule is Cc1cccc(OC(C)C(=O)NC(CN)C2CCCCC2)c1. The monoisotopic (exact) mass is 304 g/mol. The standard InChI is InChI=1S/C18H28N2O2/c1-13-7-6-10-16(11-13)22-14(2)18(21)20-17(12-19)15-8-4-3-5-9-15/h6-7,10-11,14-15,17H,3-5,8-9,12,19H2,1-2H3,(H,20,21).